The molecule has 3 heterocycles. The van der Waals surface area contributed by atoms with Gasteiger partial charge >= 0.3 is 0 Å². The summed E-state index contributed by atoms with van der Waals surface area (Å²) in [6.45, 7) is 9.27. The number of hydrogen-bond acceptors (Lipinski definition) is 5. The van der Waals surface area contributed by atoms with Gasteiger partial charge < -0.3 is 20.0 Å². The first-order chi connectivity index (χ1) is 14.3. The second-order valence-electron chi connectivity index (χ2n) is 7.24. The van der Waals surface area contributed by atoms with Crippen LogP contribution in [-0.2, 0) is 6.54 Å². The first-order valence-corrected chi connectivity index (χ1v) is 10.4. The molecule has 0 unspecified atom stereocenters. The maximum absolute atomic E-state index is 4.89. The summed E-state index contributed by atoms with van der Waals surface area (Å²) in [4.78, 5) is 20.5. The van der Waals surface area contributed by atoms with E-state index in [1.165, 1.54) is 11.3 Å². The molecule has 0 atom stereocenters. The fourth-order valence-electron chi connectivity index (χ4n) is 3.67. The molecule has 8 heteroatoms. The predicted molar refractivity (Wildman–Crippen MR) is 134 cm³/mol. The lowest BCUT2D eigenvalue weighted by atomic mass is 10.2. The van der Waals surface area contributed by atoms with E-state index in [9.17, 15) is 0 Å². The van der Waals surface area contributed by atoms with E-state index in [2.05, 4.69) is 73.3 Å². The Kier molecular flexibility index (Phi) is 8.30. The van der Waals surface area contributed by atoms with Gasteiger partial charge in [0.1, 0.15) is 0 Å². The minimum Gasteiger partial charge on any atom is -0.364 e. The maximum Gasteiger partial charge on any atom is 0.225 e. The van der Waals surface area contributed by atoms with Crippen LogP contribution in [0.1, 0.15) is 12.5 Å². The van der Waals surface area contributed by atoms with Crippen LogP contribution in [-0.4, -0.2) is 66.6 Å². The number of nitrogens with one attached hydrogen (secondary N) is 1. The molecule has 1 fully saturated rings. The van der Waals surface area contributed by atoms with Gasteiger partial charge in [-0.1, -0.05) is 24.3 Å². The zero-order chi connectivity index (χ0) is 19.9. The van der Waals surface area contributed by atoms with Crippen LogP contribution in [0.4, 0.5) is 11.6 Å². The second kappa shape index (κ2) is 11.1. The molecule has 0 radical (unpaired) electrons. The summed E-state index contributed by atoms with van der Waals surface area (Å²) < 4.78 is 0. The van der Waals surface area contributed by atoms with Crippen molar-refractivity contribution in [2.75, 3.05) is 55.6 Å². The highest BCUT2D eigenvalue weighted by molar-refractivity contribution is 14.0. The maximum atomic E-state index is 4.89. The van der Waals surface area contributed by atoms with E-state index in [-0.39, 0.29) is 24.0 Å². The highest BCUT2D eigenvalue weighted by Gasteiger charge is 2.21. The molecule has 7 nitrogen and oxygen atoms in total. The number of aliphatic imine (C=N–C) groups is 1. The molecule has 1 aromatic carbocycles. The molecular formula is C22H30IN7. The van der Waals surface area contributed by atoms with E-state index in [0.717, 1.165) is 57.7 Å². The van der Waals surface area contributed by atoms with Crippen molar-refractivity contribution < 1.29 is 0 Å². The van der Waals surface area contributed by atoms with Gasteiger partial charge in [-0.05, 0) is 30.7 Å². The van der Waals surface area contributed by atoms with Gasteiger partial charge in [-0.15, -0.1) is 24.0 Å². The quantitative estimate of drug-likeness (QED) is 0.284. The predicted octanol–water partition coefficient (Wildman–Crippen LogP) is 2.76. The van der Waals surface area contributed by atoms with E-state index in [1.54, 1.807) is 12.4 Å². The van der Waals surface area contributed by atoms with Gasteiger partial charge in [0.05, 0.1) is 6.54 Å². The Hall–Kier alpha value is -2.36. The van der Waals surface area contributed by atoms with Crippen LogP contribution in [0.15, 0.2) is 59.9 Å². The van der Waals surface area contributed by atoms with Gasteiger partial charge in [0.15, 0.2) is 5.96 Å². The summed E-state index contributed by atoms with van der Waals surface area (Å²) >= 11 is 0. The zero-order valence-electron chi connectivity index (χ0n) is 17.4. The Bertz CT molecular complexity index is 822. The number of nitrogens with zero attached hydrogens (tertiary/aromatic N) is 6. The van der Waals surface area contributed by atoms with Crippen molar-refractivity contribution in [2.45, 2.75) is 13.5 Å². The molecule has 1 saturated heterocycles. The number of anilines is 2. The second-order valence-corrected chi connectivity index (χ2v) is 7.24. The van der Waals surface area contributed by atoms with E-state index >= 15 is 0 Å². The first kappa shape index (κ1) is 22.3. The van der Waals surface area contributed by atoms with Gasteiger partial charge in [-0.3, -0.25) is 0 Å². The highest BCUT2D eigenvalue weighted by atomic mass is 127. The topological polar surface area (TPSA) is 59.9 Å². The van der Waals surface area contributed by atoms with Gasteiger partial charge in [0, 0.05) is 63.9 Å². The van der Waals surface area contributed by atoms with Crippen molar-refractivity contribution in [3.8, 4) is 0 Å². The Morgan fingerprint density at radius 2 is 1.63 bits per heavy atom. The lowest BCUT2D eigenvalue weighted by Gasteiger charge is -2.36. The molecule has 2 aliphatic rings. The Morgan fingerprint density at radius 1 is 0.967 bits per heavy atom. The lowest BCUT2D eigenvalue weighted by Crippen LogP contribution is -2.52. The Balaban J connectivity index is 0.00000256. The average Bonchev–Trinajstić information content (AvgIpc) is 3.33. The van der Waals surface area contributed by atoms with Crippen molar-refractivity contribution in [1.29, 1.82) is 0 Å². The molecule has 4 rings (SSSR count). The van der Waals surface area contributed by atoms with E-state index in [4.69, 9.17) is 4.99 Å². The summed E-state index contributed by atoms with van der Waals surface area (Å²) in [5.41, 5.74) is 2.50. The van der Waals surface area contributed by atoms with E-state index < -0.39 is 0 Å². The van der Waals surface area contributed by atoms with Crippen LogP contribution in [0.5, 0.6) is 0 Å². The number of piperazine rings is 1. The smallest absolute Gasteiger partial charge is 0.225 e. The Labute approximate surface area is 195 Å². The van der Waals surface area contributed by atoms with Gasteiger partial charge in [0.25, 0.3) is 0 Å². The fourth-order valence-corrected chi connectivity index (χ4v) is 3.67. The van der Waals surface area contributed by atoms with Crippen LogP contribution in [0.3, 0.4) is 0 Å². The minimum absolute atomic E-state index is 0. The van der Waals surface area contributed by atoms with Gasteiger partial charge in [-0.25, -0.2) is 15.0 Å². The number of benzene rings is 1. The lowest BCUT2D eigenvalue weighted by molar-refractivity contribution is 0.370. The first-order valence-electron chi connectivity index (χ1n) is 10.4. The summed E-state index contributed by atoms with van der Waals surface area (Å²) in [5.74, 6) is 1.79. The van der Waals surface area contributed by atoms with Crippen molar-refractivity contribution in [3.05, 3.63) is 60.4 Å². The van der Waals surface area contributed by atoms with Crippen molar-refractivity contribution >= 4 is 41.6 Å². The van der Waals surface area contributed by atoms with Gasteiger partial charge in [-0.2, -0.15) is 0 Å². The number of rotatable bonds is 5. The molecule has 0 spiro atoms. The summed E-state index contributed by atoms with van der Waals surface area (Å²) in [7, 11) is 0. The van der Waals surface area contributed by atoms with E-state index in [0.29, 0.717) is 6.54 Å². The molecule has 0 bridgehead atoms. The highest BCUT2D eigenvalue weighted by Crippen LogP contribution is 2.18. The average molecular weight is 519 g/mol. The molecule has 0 saturated carbocycles. The molecule has 2 aromatic rings. The molecular weight excluding hydrogens is 489 g/mol. The van der Waals surface area contributed by atoms with Crippen molar-refractivity contribution in [1.82, 2.24) is 20.2 Å². The third kappa shape index (κ3) is 5.62. The molecule has 30 heavy (non-hydrogen) atoms. The molecule has 2 aliphatic heterocycles. The number of halogens is 1. The van der Waals surface area contributed by atoms with Gasteiger partial charge in [0.2, 0.25) is 5.95 Å². The van der Waals surface area contributed by atoms with Crippen LogP contribution in [0.25, 0.3) is 0 Å². The summed E-state index contributed by atoms with van der Waals surface area (Å²) in [6, 6.07) is 10.6. The van der Waals surface area contributed by atoms with E-state index in [1.807, 2.05) is 6.07 Å². The number of aromatic nitrogens is 2. The molecule has 1 aromatic heterocycles. The Morgan fingerprint density at radius 3 is 2.27 bits per heavy atom. The summed E-state index contributed by atoms with van der Waals surface area (Å²) in [6.07, 6.45) is 8.02. The van der Waals surface area contributed by atoms with Crippen LogP contribution in [0.2, 0.25) is 0 Å². The number of guanidine groups is 1. The standard InChI is InChI=1S/C22H29N7.HI/c1-2-23-21(28-14-16-29(17-15-28)22-24-10-5-11-25-22)26-18-19-6-8-20(9-7-19)27-12-3-4-13-27;/h3-11H,2,12-18H2,1H3,(H,23,26);1H. The zero-order valence-corrected chi connectivity index (χ0v) is 19.8. The van der Waals surface area contributed by atoms with Crippen molar-refractivity contribution in [3.63, 3.8) is 0 Å². The third-order valence-electron chi connectivity index (χ3n) is 5.28. The van der Waals surface area contributed by atoms with Crippen LogP contribution in [0, 0.1) is 0 Å². The summed E-state index contributed by atoms with van der Waals surface area (Å²) in [5, 5.41) is 3.44. The molecule has 0 aliphatic carbocycles. The molecule has 0 amide bonds. The molecule has 1 N–H and O–H groups in total. The fraction of sp³-hybridized carbons (Fsp3) is 0.409. The molecule has 160 valence electrons. The third-order valence-corrected chi connectivity index (χ3v) is 5.28. The number of hydrogen-bond donors (Lipinski definition) is 1. The minimum atomic E-state index is 0. The van der Waals surface area contributed by atoms with Crippen LogP contribution >= 0.6 is 24.0 Å². The monoisotopic (exact) mass is 519 g/mol. The SMILES string of the molecule is CCNC(=NCc1ccc(N2CC=CC2)cc1)N1CCN(c2ncccn2)CC1.I. The van der Waals surface area contributed by atoms with Crippen molar-refractivity contribution in [2.24, 2.45) is 4.99 Å². The normalized spacial score (nSPS) is 16.6. The largest absolute Gasteiger partial charge is 0.364 e. The van der Waals surface area contributed by atoms with Crippen LogP contribution < -0.4 is 15.1 Å².